The summed E-state index contributed by atoms with van der Waals surface area (Å²) < 4.78 is 7.33. The zero-order chi connectivity index (χ0) is 18.7. The third kappa shape index (κ3) is 3.83. The van der Waals surface area contributed by atoms with Crippen LogP contribution in [0.3, 0.4) is 0 Å². The number of nitrogens with two attached hydrogens (primary N) is 1. The lowest BCUT2D eigenvalue weighted by molar-refractivity contribution is 0.0993. The molecular formula is C19H27N5O2. The number of nitrogens with zero attached hydrogens (tertiary/aromatic N) is 4. The lowest BCUT2D eigenvalue weighted by atomic mass is 10.2. The van der Waals surface area contributed by atoms with E-state index in [-0.39, 0.29) is 5.91 Å². The largest absolute Gasteiger partial charge is 0.492 e. The van der Waals surface area contributed by atoms with E-state index in [9.17, 15) is 4.79 Å². The van der Waals surface area contributed by atoms with Crippen molar-refractivity contribution in [3.8, 4) is 5.75 Å². The van der Waals surface area contributed by atoms with Crippen LogP contribution in [0.1, 0.15) is 28.9 Å². The van der Waals surface area contributed by atoms with Crippen LogP contribution in [0.2, 0.25) is 0 Å². The third-order valence-electron chi connectivity index (χ3n) is 4.88. The molecule has 1 aliphatic rings. The normalized spacial score (nSPS) is 14.6. The van der Waals surface area contributed by atoms with Crippen LogP contribution in [-0.4, -0.2) is 53.9 Å². The number of nitrogen functional groups attached to an aromatic ring is 1. The number of rotatable bonds is 6. The van der Waals surface area contributed by atoms with Crippen LogP contribution in [0.25, 0.3) is 0 Å². The van der Waals surface area contributed by atoms with Gasteiger partial charge in [0.05, 0.1) is 5.69 Å². The Hall–Kier alpha value is -2.54. The van der Waals surface area contributed by atoms with Gasteiger partial charge in [0, 0.05) is 26.3 Å². The summed E-state index contributed by atoms with van der Waals surface area (Å²) in [5.41, 5.74) is 7.84. The van der Waals surface area contributed by atoms with E-state index in [0.717, 1.165) is 18.0 Å². The summed E-state index contributed by atoms with van der Waals surface area (Å²) in [6.07, 6.45) is 2.58. The van der Waals surface area contributed by atoms with Crippen LogP contribution in [0.15, 0.2) is 24.3 Å². The fourth-order valence-electron chi connectivity index (χ4n) is 3.29. The summed E-state index contributed by atoms with van der Waals surface area (Å²) in [6.45, 7) is 5.77. The summed E-state index contributed by atoms with van der Waals surface area (Å²) in [5.74, 6) is 1.02. The van der Waals surface area contributed by atoms with Gasteiger partial charge in [0.15, 0.2) is 0 Å². The van der Waals surface area contributed by atoms with Crippen molar-refractivity contribution < 1.29 is 9.53 Å². The van der Waals surface area contributed by atoms with Crippen molar-refractivity contribution in [3.05, 3.63) is 35.5 Å². The maximum Gasteiger partial charge on any atom is 0.263 e. The van der Waals surface area contributed by atoms with Crippen LogP contribution in [0.4, 0.5) is 11.5 Å². The Labute approximate surface area is 154 Å². The Morgan fingerprint density at radius 2 is 1.92 bits per heavy atom. The van der Waals surface area contributed by atoms with Gasteiger partial charge in [-0.05, 0) is 57.1 Å². The number of amides is 1. The predicted molar refractivity (Wildman–Crippen MR) is 103 cm³/mol. The van der Waals surface area contributed by atoms with Gasteiger partial charge in [-0.1, -0.05) is 0 Å². The van der Waals surface area contributed by atoms with Gasteiger partial charge in [0.1, 0.15) is 23.7 Å². The van der Waals surface area contributed by atoms with Gasteiger partial charge >= 0.3 is 0 Å². The average molecular weight is 357 g/mol. The highest BCUT2D eigenvalue weighted by atomic mass is 16.5. The van der Waals surface area contributed by atoms with Crippen LogP contribution >= 0.6 is 0 Å². The number of likely N-dealkylation sites (tertiary alicyclic amines) is 1. The van der Waals surface area contributed by atoms with Gasteiger partial charge in [0.25, 0.3) is 5.91 Å². The van der Waals surface area contributed by atoms with Gasteiger partial charge in [-0.3, -0.25) is 14.4 Å². The Morgan fingerprint density at radius 1 is 1.27 bits per heavy atom. The summed E-state index contributed by atoms with van der Waals surface area (Å²) in [4.78, 5) is 16.8. The van der Waals surface area contributed by atoms with Crippen molar-refractivity contribution in [3.63, 3.8) is 0 Å². The molecule has 0 radical (unpaired) electrons. The summed E-state index contributed by atoms with van der Waals surface area (Å²) >= 11 is 0. The molecule has 0 spiro atoms. The zero-order valence-electron chi connectivity index (χ0n) is 15.7. The van der Waals surface area contributed by atoms with Crippen molar-refractivity contribution in [1.29, 1.82) is 0 Å². The first-order chi connectivity index (χ1) is 12.5. The molecular weight excluding hydrogens is 330 g/mol. The fraction of sp³-hybridized carbons (Fsp3) is 0.474. The zero-order valence-corrected chi connectivity index (χ0v) is 15.7. The molecule has 2 heterocycles. The van der Waals surface area contributed by atoms with E-state index in [1.807, 2.05) is 24.3 Å². The topological polar surface area (TPSA) is 76.6 Å². The molecule has 0 aliphatic carbocycles. The fourth-order valence-corrected chi connectivity index (χ4v) is 3.29. The molecule has 0 bridgehead atoms. The van der Waals surface area contributed by atoms with Crippen molar-refractivity contribution in [2.24, 2.45) is 7.05 Å². The van der Waals surface area contributed by atoms with E-state index in [0.29, 0.717) is 23.7 Å². The second-order valence-electron chi connectivity index (χ2n) is 6.72. The second kappa shape index (κ2) is 7.78. The van der Waals surface area contributed by atoms with Gasteiger partial charge in [-0.2, -0.15) is 5.10 Å². The lowest BCUT2D eigenvalue weighted by Crippen LogP contribution is -2.27. The molecule has 1 fully saturated rings. The molecule has 1 aromatic carbocycles. The summed E-state index contributed by atoms with van der Waals surface area (Å²) in [5, 5.41) is 4.21. The highest BCUT2D eigenvalue weighted by Gasteiger charge is 2.22. The molecule has 1 amide bonds. The van der Waals surface area contributed by atoms with Crippen LogP contribution in [0, 0.1) is 6.92 Å². The quantitative estimate of drug-likeness (QED) is 0.856. The Bertz CT molecular complexity index is 763. The molecule has 7 nitrogen and oxygen atoms in total. The standard InChI is InChI=1S/C19H27N5O2/c1-14-17(18(20)23(3)21-14)19(25)22(2)15-6-8-16(9-7-15)26-13-12-24-10-4-5-11-24/h6-9H,4-5,10-13,20H2,1-3H3. The third-order valence-corrected chi connectivity index (χ3v) is 4.88. The Balaban J connectivity index is 1.61. The maximum absolute atomic E-state index is 12.8. The molecule has 0 saturated carbocycles. The van der Waals surface area contributed by atoms with Crippen molar-refractivity contribution >= 4 is 17.4 Å². The number of carbonyl (C=O) groups excluding carboxylic acids is 1. The van der Waals surface area contributed by atoms with E-state index in [1.165, 1.54) is 30.6 Å². The summed E-state index contributed by atoms with van der Waals surface area (Å²) in [7, 11) is 3.46. The first-order valence-corrected chi connectivity index (χ1v) is 8.99. The molecule has 2 aromatic rings. The maximum atomic E-state index is 12.8. The first kappa shape index (κ1) is 18.3. The molecule has 2 N–H and O–H groups in total. The highest BCUT2D eigenvalue weighted by molar-refractivity contribution is 6.09. The highest BCUT2D eigenvalue weighted by Crippen LogP contribution is 2.23. The smallest absolute Gasteiger partial charge is 0.263 e. The van der Waals surface area contributed by atoms with E-state index in [4.69, 9.17) is 10.5 Å². The van der Waals surface area contributed by atoms with Crippen LogP contribution in [0.5, 0.6) is 5.75 Å². The monoisotopic (exact) mass is 357 g/mol. The number of carbonyl (C=O) groups is 1. The molecule has 7 heteroatoms. The molecule has 0 unspecified atom stereocenters. The minimum Gasteiger partial charge on any atom is -0.492 e. The number of hydrogen-bond acceptors (Lipinski definition) is 5. The van der Waals surface area contributed by atoms with Gasteiger partial charge < -0.3 is 15.4 Å². The minimum atomic E-state index is -0.171. The minimum absolute atomic E-state index is 0.171. The van der Waals surface area contributed by atoms with Crippen molar-refractivity contribution in [2.75, 3.05) is 43.9 Å². The SMILES string of the molecule is Cc1nn(C)c(N)c1C(=O)N(C)c1ccc(OCCN2CCCC2)cc1. The van der Waals surface area contributed by atoms with Gasteiger partial charge in [0.2, 0.25) is 0 Å². The van der Waals surface area contributed by atoms with Crippen molar-refractivity contribution in [2.45, 2.75) is 19.8 Å². The Morgan fingerprint density at radius 3 is 2.50 bits per heavy atom. The van der Waals surface area contributed by atoms with Gasteiger partial charge in [-0.25, -0.2) is 0 Å². The van der Waals surface area contributed by atoms with Crippen LogP contribution in [-0.2, 0) is 7.05 Å². The molecule has 26 heavy (non-hydrogen) atoms. The molecule has 1 saturated heterocycles. The summed E-state index contributed by atoms with van der Waals surface area (Å²) in [6, 6.07) is 7.54. The van der Waals surface area contributed by atoms with E-state index in [2.05, 4.69) is 10.00 Å². The number of aryl methyl sites for hydroxylation is 2. The van der Waals surface area contributed by atoms with Crippen molar-refractivity contribution in [1.82, 2.24) is 14.7 Å². The number of hydrogen-bond donors (Lipinski definition) is 1. The van der Waals surface area contributed by atoms with E-state index in [1.54, 1.807) is 25.9 Å². The first-order valence-electron chi connectivity index (χ1n) is 8.99. The predicted octanol–water partition coefficient (Wildman–Crippen LogP) is 2.06. The van der Waals surface area contributed by atoms with Crippen LogP contribution < -0.4 is 15.4 Å². The molecule has 1 aromatic heterocycles. The second-order valence-corrected chi connectivity index (χ2v) is 6.72. The lowest BCUT2D eigenvalue weighted by Gasteiger charge is -2.18. The van der Waals surface area contributed by atoms with E-state index < -0.39 is 0 Å². The number of aromatic nitrogens is 2. The number of benzene rings is 1. The van der Waals surface area contributed by atoms with E-state index >= 15 is 0 Å². The average Bonchev–Trinajstić information content (AvgIpc) is 3.23. The Kier molecular flexibility index (Phi) is 5.46. The number of anilines is 2. The number of ether oxygens (including phenoxy) is 1. The molecule has 3 rings (SSSR count). The molecule has 1 aliphatic heterocycles. The van der Waals surface area contributed by atoms with Gasteiger partial charge in [-0.15, -0.1) is 0 Å². The molecule has 140 valence electrons. The molecule has 0 atom stereocenters.